The van der Waals surface area contributed by atoms with E-state index in [2.05, 4.69) is 34.6 Å². The third-order valence-corrected chi connectivity index (χ3v) is 3.49. The molecule has 0 saturated carbocycles. The molecule has 96 valence electrons. The zero-order valence-corrected chi connectivity index (χ0v) is 11.7. The topological polar surface area (TPSA) is 40.7 Å². The molecule has 2 rings (SSSR count). The van der Waals surface area contributed by atoms with Gasteiger partial charge in [0, 0.05) is 28.9 Å². The van der Waals surface area contributed by atoms with Crippen LogP contribution in [0.25, 0.3) is 0 Å². The van der Waals surface area contributed by atoms with Crippen molar-refractivity contribution in [1.82, 2.24) is 15.5 Å². The van der Waals surface area contributed by atoms with Crippen LogP contribution in [0.4, 0.5) is 0 Å². The summed E-state index contributed by atoms with van der Waals surface area (Å²) in [6, 6.07) is 8.23. The van der Waals surface area contributed by atoms with Crippen molar-refractivity contribution >= 4 is 11.6 Å². The van der Waals surface area contributed by atoms with E-state index in [1.54, 1.807) is 0 Å². The minimum absolute atomic E-state index is 0.288. The highest BCUT2D eigenvalue weighted by molar-refractivity contribution is 6.30. The lowest BCUT2D eigenvalue weighted by atomic mass is 10.1. The fraction of sp³-hybridized carbons (Fsp3) is 0.357. The Hall–Kier alpha value is -1.32. The molecule has 2 aromatic rings. The number of hydrogen-bond donors (Lipinski definition) is 2. The monoisotopic (exact) mass is 263 g/mol. The molecule has 1 unspecified atom stereocenters. The maximum absolute atomic E-state index is 5.88. The van der Waals surface area contributed by atoms with Gasteiger partial charge in [-0.15, -0.1) is 0 Å². The van der Waals surface area contributed by atoms with E-state index < -0.39 is 0 Å². The van der Waals surface area contributed by atoms with E-state index in [1.165, 1.54) is 11.1 Å². The Morgan fingerprint density at radius 2 is 1.94 bits per heavy atom. The van der Waals surface area contributed by atoms with Gasteiger partial charge in [0.15, 0.2) is 0 Å². The summed E-state index contributed by atoms with van der Waals surface area (Å²) in [5.41, 5.74) is 4.67. The fourth-order valence-electron chi connectivity index (χ4n) is 1.96. The van der Waals surface area contributed by atoms with Crippen LogP contribution in [0, 0.1) is 13.8 Å². The molecule has 1 heterocycles. The van der Waals surface area contributed by atoms with Crippen LogP contribution in [0.5, 0.6) is 0 Å². The van der Waals surface area contributed by atoms with Crippen molar-refractivity contribution in [2.45, 2.75) is 33.4 Å². The van der Waals surface area contributed by atoms with E-state index in [0.29, 0.717) is 0 Å². The van der Waals surface area contributed by atoms with E-state index in [1.807, 2.05) is 26.0 Å². The molecule has 0 aliphatic rings. The average Bonchev–Trinajstić information content (AvgIpc) is 2.67. The van der Waals surface area contributed by atoms with Gasteiger partial charge in [-0.2, -0.15) is 5.10 Å². The number of nitrogens with one attached hydrogen (secondary N) is 2. The molecule has 0 spiro atoms. The van der Waals surface area contributed by atoms with Gasteiger partial charge in [0.25, 0.3) is 0 Å². The maximum atomic E-state index is 5.88. The van der Waals surface area contributed by atoms with Crippen LogP contribution >= 0.6 is 11.6 Å². The van der Waals surface area contributed by atoms with E-state index in [4.69, 9.17) is 11.6 Å². The maximum Gasteiger partial charge on any atom is 0.0638 e. The Labute approximate surface area is 113 Å². The van der Waals surface area contributed by atoms with Gasteiger partial charge in [-0.3, -0.25) is 5.10 Å². The first-order valence-electron chi connectivity index (χ1n) is 6.07. The molecule has 0 aliphatic heterocycles. The number of halogens is 1. The summed E-state index contributed by atoms with van der Waals surface area (Å²) in [4.78, 5) is 0. The SMILES string of the molecule is Cc1n[nH]c(C)c1CNC(C)c1ccc(Cl)cc1. The second-order valence-corrected chi connectivity index (χ2v) is 5.00. The van der Waals surface area contributed by atoms with Crippen molar-refractivity contribution in [3.8, 4) is 0 Å². The Kier molecular flexibility index (Phi) is 4.04. The van der Waals surface area contributed by atoms with Crippen LogP contribution < -0.4 is 5.32 Å². The lowest BCUT2D eigenvalue weighted by Gasteiger charge is -2.14. The molecular weight excluding hydrogens is 246 g/mol. The lowest BCUT2D eigenvalue weighted by molar-refractivity contribution is 0.572. The third-order valence-electron chi connectivity index (χ3n) is 3.24. The molecule has 0 aliphatic carbocycles. The molecule has 4 heteroatoms. The highest BCUT2D eigenvalue weighted by Gasteiger charge is 2.09. The molecular formula is C14H18ClN3. The lowest BCUT2D eigenvalue weighted by Crippen LogP contribution is -2.18. The molecule has 18 heavy (non-hydrogen) atoms. The molecule has 1 aromatic heterocycles. The second-order valence-electron chi connectivity index (χ2n) is 4.57. The predicted molar refractivity (Wildman–Crippen MR) is 74.8 cm³/mol. The minimum Gasteiger partial charge on any atom is -0.306 e. The summed E-state index contributed by atoms with van der Waals surface area (Å²) >= 11 is 5.88. The van der Waals surface area contributed by atoms with Gasteiger partial charge in [0.1, 0.15) is 0 Å². The smallest absolute Gasteiger partial charge is 0.0638 e. The van der Waals surface area contributed by atoms with E-state index >= 15 is 0 Å². The first-order valence-corrected chi connectivity index (χ1v) is 6.45. The van der Waals surface area contributed by atoms with Crippen molar-refractivity contribution < 1.29 is 0 Å². The Bertz CT molecular complexity index is 497. The number of rotatable bonds is 4. The van der Waals surface area contributed by atoms with Crippen LogP contribution in [0.1, 0.15) is 35.5 Å². The largest absolute Gasteiger partial charge is 0.306 e. The van der Waals surface area contributed by atoms with Gasteiger partial charge in [0.05, 0.1) is 5.69 Å². The van der Waals surface area contributed by atoms with Crippen LogP contribution in [0.3, 0.4) is 0 Å². The fourth-order valence-corrected chi connectivity index (χ4v) is 2.08. The molecule has 2 N–H and O–H groups in total. The first-order chi connectivity index (χ1) is 8.58. The number of aromatic amines is 1. The standard InChI is InChI=1S/C14H18ClN3/c1-9(12-4-6-13(15)7-5-12)16-8-14-10(2)17-18-11(14)3/h4-7,9,16H,8H2,1-3H3,(H,17,18). The molecule has 0 saturated heterocycles. The number of hydrogen-bond acceptors (Lipinski definition) is 2. The summed E-state index contributed by atoms with van der Waals surface area (Å²) in [5.74, 6) is 0. The molecule has 0 fully saturated rings. The summed E-state index contributed by atoms with van der Waals surface area (Å²) in [7, 11) is 0. The molecule has 0 amide bonds. The van der Waals surface area contributed by atoms with Crippen LogP contribution in [-0.2, 0) is 6.54 Å². The van der Waals surface area contributed by atoms with Crippen molar-refractivity contribution in [1.29, 1.82) is 0 Å². The number of aryl methyl sites for hydroxylation is 2. The van der Waals surface area contributed by atoms with Crippen molar-refractivity contribution in [2.24, 2.45) is 0 Å². The highest BCUT2D eigenvalue weighted by Crippen LogP contribution is 2.17. The number of H-pyrrole nitrogens is 1. The quantitative estimate of drug-likeness (QED) is 0.886. The van der Waals surface area contributed by atoms with Gasteiger partial charge in [-0.05, 0) is 38.5 Å². The number of benzene rings is 1. The first kappa shape index (κ1) is 13.1. The predicted octanol–water partition coefficient (Wildman–Crippen LogP) is 3.53. The van der Waals surface area contributed by atoms with Crippen molar-refractivity contribution in [2.75, 3.05) is 0 Å². The van der Waals surface area contributed by atoms with Gasteiger partial charge >= 0.3 is 0 Å². The highest BCUT2D eigenvalue weighted by atomic mass is 35.5. The zero-order valence-electron chi connectivity index (χ0n) is 10.9. The van der Waals surface area contributed by atoms with Gasteiger partial charge in [-0.25, -0.2) is 0 Å². The summed E-state index contributed by atoms with van der Waals surface area (Å²) in [6.45, 7) is 7.03. The molecule has 0 bridgehead atoms. The van der Waals surface area contributed by atoms with E-state index in [0.717, 1.165) is 23.0 Å². The van der Waals surface area contributed by atoms with Crippen molar-refractivity contribution in [3.05, 3.63) is 51.8 Å². The Morgan fingerprint density at radius 3 is 2.50 bits per heavy atom. The van der Waals surface area contributed by atoms with Crippen LogP contribution in [0.2, 0.25) is 5.02 Å². The Balaban J connectivity index is 2.00. The summed E-state index contributed by atoms with van der Waals surface area (Å²) in [5, 5.41) is 11.5. The average molecular weight is 264 g/mol. The molecule has 3 nitrogen and oxygen atoms in total. The summed E-state index contributed by atoms with van der Waals surface area (Å²) in [6.07, 6.45) is 0. The zero-order chi connectivity index (χ0) is 13.1. The van der Waals surface area contributed by atoms with Gasteiger partial charge < -0.3 is 5.32 Å². The van der Waals surface area contributed by atoms with Crippen LogP contribution in [0.15, 0.2) is 24.3 Å². The van der Waals surface area contributed by atoms with Crippen molar-refractivity contribution in [3.63, 3.8) is 0 Å². The molecule has 1 atom stereocenters. The van der Waals surface area contributed by atoms with Gasteiger partial charge in [-0.1, -0.05) is 23.7 Å². The normalized spacial score (nSPS) is 12.7. The molecule has 0 radical (unpaired) electrons. The van der Waals surface area contributed by atoms with Gasteiger partial charge in [0.2, 0.25) is 0 Å². The third kappa shape index (κ3) is 2.92. The minimum atomic E-state index is 0.288. The molecule has 1 aromatic carbocycles. The van der Waals surface area contributed by atoms with E-state index in [9.17, 15) is 0 Å². The van der Waals surface area contributed by atoms with E-state index in [-0.39, 0.29) is 6.04 Å². The second kappa shape index (κ2) is 5.55. The number of aromatic nitrogens is 2. The summed E-state index contributed by atoms with van der Waals surface area (Å²) < 4.78 is 0. The Morgan fingerprint density at radius 1 is 1.28 bits per heavy atom. The van der Waals surface area contributed by atoms with Crippen LogP contribution in [-0.4, -0.2) is 10.2 Å². The number of nitrogens with zero attached hydrogens (tertiary/aromatic N) is 1.